The smallest absolute Gasteiger partial charge is 0.412 e. The molecule has 9 heteroatoms. The standard InChI is InChI=1S/C21H27N5O4/c1-21(2,3)30-20(27)26-13-9-29-14(26)8-12-15(13)18(24-25(12)4)16-17(11-6-7-11)22-10-23-19(16)28-5/h10-11,13-14H,6-9H2,1-5H3. The molecule has 1 aliphatic carbocycles. The summed E-state index contributed by atoms with van der Waals surface area (Å²) in [7, 11) is 3.54. The van der Waals surface area contributed by atoms with Gasteiger partial charge in [-0.1, -0.05) is 0 Å². The van der Waals surface area contributed by atoms with Gasteiger partial charge in [0, 0.05) is 30.6 Å². The molecule has 0 aromatic carbocycles. The van der Waals surface area contributed by atoms with Crippen LogP contribution >= 0.6 is 0 Å². The summed E-state index contributed by atoms with van der Waals surface area (Å²) in [4.78, 5) is 23.6. The van der Waals surface area contributed by atoms with Gasteiger partial charge in [0.05, 0.1) is 31.0 Å². The van der Waals surface area contributed by atoms with Crippen molar-refractivity contribution in [3.05, 3.63) is 23.3 Å². The highest BCUT2D eigenvalue weighted by atomic mass is 16.6. The van der Waals surface area contributed by atoms with Gasteiger partial charge in [-0.15, -0.1) is 0 Å². The number of rotatable bonds is 3. The number of fused-ring (bicyclic) bond motifs is 4. The number of amides is 1. The molecule has 2 bridgehead atoms. The summed E-state index contributed by atoms with van der Waals surface area (Å²) in [6, 6.07) is -0.269. The second-order valence-electron chi connectivity index (χ2n) is 9.15. The van der Waals surface area contributed by atoms with Gasteiger partial charge in [-0.05, 0) is 33.6 Å². The number of methoxy groups -OCH3 is 1. The Hall–Kier alpha value is -2.68. The van der Waals surface area contributed by atoms with Crippen LogP contribution in [0.25, 0.3) is 11.3 Å². The van der Waals surface area contributed by atoms with E-state index in [2.05, 4.69) is 9.97 Å². The van der Waals surface area contributed by atoms with Crippen molar-refractivity contribution >= 4 is 6.09 Å². The van der Waals surface area contributed by atoms with E-state index in [0.29, 0.717) is 24.8 Å². The van der Waals surface area contributed by atoms with E-state index in [9.17, 15) is 4.79 Å². The highest BCUT2D eigenvalue weighted by Crippen LogP contribution is 2.49. The van der Waals surface area contributed by atoms with Gasteiger partial charge >= 0.3 is 6.09 Å². The van der Waals surface area contributed by atoms with Crippen LogP contribution in [0, 0.1) is 0 Å². The monoisotopic (exact) mass is 413 g/mol. The Bertz CT molecular complexity index is 1010. The number of aromatic nitrogens is 4. The molecule has 2 unspecified atom stereocenters. The molecule has 5 rings (SSSR count). The normalized spacial score (nSPS) is 22.8. The molecule has 2 aliphatic heterocycles. The summed E-state index contributed by atoms with van der Waals surface area (Å²) in [6.07, 6.45) is 3.59. The number of nitrogens with zero attached hydrogens (tertiary/aromatic N) is 5. The Morgan fingerprint density at radius 1 is 1.27 bits per heavy atom. The van der Waals surface area contributed by atoms with Crippen molar-refractivity contribution < 1.29 is 19.0 Å². The zero-order valence-electron chi connectivity index (χ0n) is 18.0. The van der Waals surface area contributed by atoms with Gasteiger partial charge in [0.1, 0.15) is 23.9 Å². The average molecular weight is 413 g/mol. The van der Waals surface area contributed by atoms with Crippen LogP contribution in [0.3, 0.4) is 0 Å². The predicted octanol–water partition coefficient (Wildman–Crippen LogP) is 2.95. The van der Waals surface area contributed by atoms with E-state index in [1.807, 2.05) is 32.5 Å². The summed E-state index contributed by atoms with van der Waals surface area (Å²) in [5.74, 6) is 0.908. The lowest BCUT2D eigenvalue weighted by molar-refractivity contribution is -0.0161. The first kappa shape index (κ1) is 19.3. The molecule has 0 radical (unpaired) electrons. The Balaban J connectivity index is 1.63. The molecule has 0 N–H and O–H groups in total. The largest absolute Gasteiger partial charge is 0.480 e. The number of hydrogen-bond donors (Lipinski definition) is 0. The van der Waals surface area contributed by atoms with E-state index in [1.165, 1.54) is 0 Å². The van der Waals surface area contributed by atoms with Crippen LogP contribution in [0.15, 0.2) is 6.33 Å². The molecule has 4 heterocycles. The van der Waals surface area contributed by atoms with Gasteiger partial charge in [-0.3, -0.25) is 9.58 Å². The zero-order valence-corrected chi connectivity index (χ0v) is 18.0. The fourth-order valence-electron chi connectivity index (χ4n) is 4.45. The molecule has 160 valence electrons. The summed E-state index contributed by atoms with van der Waals surface area (Å²) >= 11 is 0. The van der Waals surface area contributed by atoms with E-state index < -0.39 is 5.60 Å². The van der Waals surface area contributed by atoms with E-state index in [1.54, 1.807) is 18.3 Å². The Morgan fingerprint density at radius 2 is 2.03 bits per heavy atom. The van der Waals surface area contributed by atoms with Crippen LogP contribution in [0.1, 0.15) is 62.5 Å². The van der Waals surface area contributed by atoms with Crippen LogP contribution in [0.4, 0.5) is 4.79 Å². The minimum absolute atomic E-state index is 0.269. The molecule has 0 spiro atoms. The Kier molecular flexibility index (Phi) is 4.29. The quantitative estimate of drug-likeness (QED) is 0.764. The summed E-state index contributed by atoms with van der Waals surface area (Å²) < 4.78 is 19.1. The number of hydrogen-bond acceptors (Lipinski definition) is 7. The first-order chi connectivity index (χ1) is 14.3. The summed E-state index contributed by atoms with van der Waals surface area (Å²) in [5, 5.41) is 4.85. The van der Waals surface area contributed by atoms with Gasteiger partial charge in [-0.25, -0.2) is 14.8 Å². The van der Waals surface area contributed by atoms with Gasteiger partial charge in [-0.2, -0.15) is 5.10 Å². The number of aryl methyl sites for hydroxylation is 1. The fraction of sp³-hybridized carbons (Fsp3) is 0.619. The van der Waals surface area contributed by atoms with Crippen molar-refractivity contribution in [1.29, 1.82) is 0 Å². The molecule has 2 atom stereocenters. The predicted molar refractivity (Wildman–Crippen MR) is 107 cm³/mol. The van der Waals surface area contributed by atoms with Gasteiger partial charge in [0.25, 0.3) is 0 Å². The van der Waals surface area contributed by atoms with E-state index >= 15 is 0 Å². The van der Waals surface area contributed by atoms with Crippen molar-refractivity contribution in [3.63, 3.8) is 0 Å². The lowest BCUT2D eigenvalue weighted by atomic mass is 9.93. The molecule has 9 nitrogen and oxygen atoms in total. The average Bonchev–Trinajstić information content (AvgIpc) is 3.41. The third-order valence-corrected chi connectivity index (χ3v) is 5.84. The van der Waals surface area contributed by atoms with Crippen molar-refractivity contribution in [2.24, 2.45) is 7.05 Å². The molecular formula is C21H27N5O4. The maximum atomic E-state index is 13.0. The molecule has 2 aromatic heterocycles. The van der Waals surface area contributed by atoms with E-state index in [4.69, 9.17) is 19.3 Å². The van der Waals surface area contributed by atoms with Crippen molar-refractivity contribution in [2.45, 2.75) is 63.8 Å². The number of ether oxygens (including phenoxy) is 3. The molecular weight excluding hydrogens is 386 g/mol. The van der Waals surface area contributed by atoms with Crippen LogP contribution in [-0.4, -0.2) is 56.3 Å². The topological polar surface area (TPSA) is 91.6 Å². The molecule has 1 saturated heterocycles. The third-order valence-electron chi connectivity index (χ3n) is 5.84. The SMILES string of the molecule is COc1ncnc(C2CC2)c1-c1nn(C)c2c1C1COC(C2)N1C(=O)OC(C)(C)C. The minimum Gasteiger partial charge on any atom is -0.480 e. The van der Waals surface area contributed by atoms with Crippen LogP contribution in [0.2, 0.25) is 0 Å². The molecule has 3 aliphatic rings. The number of carbonyl (C=O) groups excluding carboxylic acids is 1. The molecule has 2 fully saturated rings. The lowest BCUT2D eigenvalue weighted by Crippen LogP contribution is -2.45. The van der Waals surface area contributed by atoms with Crippen molar-refractivity contribution in [1.82, 2.24) is 24.6 Å². The maximum Gasteiger partial charge on any atom is 0.412 e. The zero-order chi connectivity index (χ0) is 21.2. The van der Waals surface area contributed by atoms with E-state index in [0.717, 1.165) is 41.1 Å². The highest BCUT2D eigenvalue weighted by molar-refractivity contribution is 5.76. The minimum atomic E-state index is -0.579. The number of carbonyl (C=O) groups is 1. The highest BCUT2D eigenvalue weighted by Gasteiger charge is 2.49. The Labute approximate surface area is 175 Å². The maximum absolute atomic E-state index is 13.0. The lowest BCUT2D eigenvalue weighted by Gasteiger charge is -2.34. The fourth-order valence-corrected chi connectivity index (χ4v) is 4.45. The molecule has 30 heavy (non-hydrogen) atoms. The van der Waals surface area contributed by atoms with Gasteiger partial charge in [0.2, 0.25) is 5.88 Å². The molecule has 1 amide bonds. The van der Waals surface area contributed by atoms with Crippen LogP contribution < -0.4 is 4.74 Å². The second kappa shape index (κ2) is 6.66. The third kappa shape index (κ3) is 3.03. The molecule has 1 saturated carbocycles. The second-order valence-corrected chi connectivity index (χ2v) is 9.15. The summed E-state index contributed by atoms with van der Waals surface area (Å²) in [5.41, 5.74) is 4.03. The van der Waals surface area contributed by atoms with Crippen molar-refractivity contribution in [2.75, 3.05) is 13.7 Å². The van der Waals surface area contributed by atoms with E-state index in [-0.39, 0.29) is 18.4 Å². The Morgan fingerprint density at radius 3 is 2.70 bits per heavy atom. The van der Waals surface area contributed by atoms with Crippen LogP contribution in [0.5, 0.6) is 5.88 Å². The van der Waals surface area contributed by atoms with Crippen LogP contribution in [-0.2, 0) is 22.9 Å². The first-order valence-corrected chi connectivity index (χ1v) is 10.4. The first-order valence-electron chi connectivity index (χ1n) is 10.4. The van der Waals surface area contributed by atoms with Gasteiger partial charge < -0.3 is 14.2 Å². The van der Waals surface area contributed by atoms with Crippen molar-refractivity contribution in [3.8, 4) is 17.1 Å². The molecule has 2 aromatic rings. The van der Waals surface area contributed by atoms with Gasteiger partial charge in [0.15, 0.2) is 0 Å². The summed E-state index contributed by atoms with van der Waals surface area (Å²) in [6.45, 7) is 6.01.